The van der Waals surface area contributed by atoms with Crippen LogP contribution in [0.15, 0.2) is 35.7 Å². The molecule has 0 fully saturated rings. The molecule has 1 unspecified atom stereocenters. The first-order chi connectivity index (χ1) is 8.24. The summed E-state index contributed by atoms with van der Waals surface area (Å²) in [5, 5.41) is 2.02. The maximum Gasteiger partial charge on any atom is 0.135 e. The number of rotatable bonds is 1. The van der Waals surface area contributed by atoms with Crippen LogP contribution in [0.4, 0.5) is 4.39 Å². The fourth-order valence-electron chi connectivity index (χ4n) is 2.12. The van der Waals surface area contributed by atoms with Crippen molar-refractivity contribution >= 4 is 11.3 Å². The lowest BCUT2D eigenvalue weighted by Gasteiger charge is -2.29. The van der Waals surface area contributed by atoms with E-state index in [-0.39, 0.29) is 18.0 Å². The predicted octanol–water partition coefficient (Wildman–Crippen LogP) is 3.41. The van der Waals surface area contributed by atoms with Crippen LogP contribution >= 0.6 is 11.3 Å². The molecule has 1 aliphatic heterocycles. The highest BCUT2D eigenvalue weighted by Crippen LogP contribution is 2.40. The Morgan fingerprint density at radius 3 is 3.00 bits per heavy atom. The van der Waals surface area contributed by atoms with E-state index in [1.54, 1.807) is 17.4 Å². The Kier molecular flexibility index (Phi) is 2.61. The van der Waals surface area contributed by atoms with Gasteiger partial charge >= 0.3 is 0 Å². The van der Waals surface area contributed by atoms with Crippen LogP contribution in [-0.4, -0.2) is 0 Å². The van der Waals surface area contributed by atoms with Gasteiger partial charge in [-0.05, 0) is 29.6 Å². The molecule has 0 bridgehead atoms. The Morgan fingerprint density at radius 1 is 1.35 bits per heavy atom. The number of nitrogens with two attached hydrogens (primary N) is 1. The average Bonchev–Trinajstić information content (AvgIpc) is 2.83. The zero-order chi connectivity index (χ0) is 11.8. The van der Waals surface area contributed by atoms with Gasteiger partial charge in [-0.3, -0.25) is 0 Å². The van der Waals surface area contributed by atoms with Crippen molar-refractivity contribution in [1.82, 2.24) is 0 Å². The van der Waals surface area contributed by atoms with E-state index in [2.05, 4.69) is 0 Å². The molecule has 0 amide bonds. The summed E-state index contributed by atoms with van der Waals surface area (Å²) in [5.41, 5.74) is 6.83. The third-order valence-electron chi connectivity index (χ3n) is 2.97. The lowest BCUT2D eigenvalue weighted by atomic mass is 9.96. The number of fused-ring (bicyclic) bond motifs is 1. The van der Waals surface area contributed by atoms with Crippen molar-refractivity contribution in [2.45, 2.75) is 18.6 Å². The molecule has 2 nitrogen and oxygen atoms in total. The molecule has 2 heterocycles. The number of thiophene rings is 1. The maximum absolute atomic E-state index is 13.1. The van der Waals surface area contributed by atoms with Crippen molar-refractivity contribution in [3.05, 3.63) is 52.0 Å². The molecule has 88 valence electrons. The Hall–Kier alpha value is -1.39. The standard InChI is InChI=1S/C13H12FNOS/c14-8-3-4-11-9(6-8)10(15)7-12(16-11)13-2-1-5-17-13/h1-6,10,12H,7,15H2/t10-,12?/m1/s1. The van der Waals surface area contributed by atoms with Gasteiger partial charge in [0.15, 0.2) is 0 Å². The number of benzene rings is 1. The topological polar surface area (TPSA) is 35.2 Å². The Bertz CT molecular complexity index is 526. The summed E-state index contributed by atoms with van der Waals surface area (Å²) in [4.78, 5) is 1.16. The molecule has 0 aliphatic carbocycles. The Labute approximate surface area is 103 Å². The summed E-state index contributed by atoms with van der Waals surface area (Å²) < 4.78 is 19.0. The third-order valence-corrected chi connectivity index (χ3v) is 3.93. The van der Waals surface area contributed by atoms with Gasteiger partial charge in [-0.15, -0.1) is 11.3 Å². The van der Waals surface area contributed by atoms with Crippen molar-refractivity contribution in [2.24, 2.45) is 5.73 Å². The van der Waals surface area contributed by atoms with E-state index in [0.29, 0.717) is 12.2 Å². The van der Waals surface area contributed by atoms with Gasteiger partial charge in [0.05, 0.1) is 0 Å². The van der Waals surface area contributed by atoms with Gasteiger partial charge in [0.2, 0.25) is 0 Å². The quantitative estimate of drug-likeness (QED) is 0.840. The van der Waals surface area contributed by atoms with Crippen molar-refractivity contribution in [3.63, 3.8) is 0 Å². The third kappa shape index (κ3) is 1.94. The normalized spacial score (nSPS) is 22.9. The largest absolute Gasteiger partial charge is 0.484 e. The number of hydrogen-bond donors (Lipinski definition) is 1. The van der Waals surface area contributed by atoms with E-state index >= 15 is 0 Å². The molecule has 0 radical (unpaired) electrons. The van der Waals surface area contributed by atoms with E-state index in [4.69, 9.17) is 10.5 Å². The van der Waals surface area contributed by atoms with E-state index in [1.165, 1.54) is 12.1 Å². The zero-order valence-electron chi connectivity index (χ0n) is 9.10. The van der Waals surface area contributed by atoms with E-state index in [1.807, 2.05) is 17.5 Å². The highest BCUT2D eigenvalue weighted by Gasteiger charge is 2.27. The first-order valence-corrected chi connectivity index (χ1v) is 6.37. The molecule has 2 aromatic rings. The summed E-state index contributed by atoms with van der Waals surface area (Å²) in [6, 6.07) is 8.39. The highest BCUT2D eigenvalue weighted by atomic mass is 32.1. The van der Waals surface area contributed by atoms with Gasteiger partial charge in [-0.2, -0.15) is 0 Å². The van der Waals surface area contributed by atoms with Crippen LogP contribution in [-0.2, 0) is 0 Å². The monoisotopic (exact) mass is 249 g/mol. The predicted molar refractivity (Wildman–Crippen MR) is 65.6 cm³/mol. The molecule has 1 aromatic heterocycles. The van der Waals surface area contributed by atoms with Crippen LogP contribution in [0.3, 0.4) is 0 Å². The molecule has 4 heteroatoms. The molecule has 1 aliphatic rings. The highest BCUT2D eigenvalue weighted by molar-refractivity contribution is 7.10. The molecule has 0 saturated heterocycles. The summed E-state index contributed by atoms with van der Waals surface area (Å²) in [6.45, 7) is 0. The fraction of sp³-hybridized carbons (Fsp3) is 0.231. The second kappa shape index (κ2) is 4.13. The van der Waals surface area contributed by atoms with E-state index < -0.39 is 0 Å². The lowest BCUT2D eigenvalue weighted by Crippen LogP contribution is -2.23. The maximum atomic E-state index is 13.1. The molecular weight excluding hydrogens is 237 g/mol. The van der Waals surface area contributed by atoms with Crippen molar-refractivity contribution < 1.29 is 9.13 Å². The van der Waals surface area contributed by atoms with Gasteiger partial charge in [-0.25, -0.2) is 4.39 Å². The molecule has 1 aromatic carbocycles. The van der Waals surface area contributed by atoms with Crippen LogP contribution < -0.4 is 10.5 Å². The number of halogens is 1. The van der Waals surface area contributed by atoms with Gasteiger partial charge < -0.3 is 10.5 Å². The minimum atomic E-state index is -0.266. The number of ether oxygens (including phenoxy) is 1. The molecule has 2 atom stereocenters. The summed E-state index contributed by atoms with van der Waals surface area (Å²) in [7, 11) is 0. The second-order valence-electron chi connectivity index (χ2n) is 4.15. The molecule has 3 rings (SSSR count). The minimum Gasteiger partial charge on any atom is -0.484 e. The first kappa shape index (κ1) is 10.7. The van der Waals surface area contributed by atoms with Gasteiger partial charge in [0.25, 0.3) is 0 Å². The van der Waals surface area contributed by atoms with Crippen LogP contribution in [0, 0.1) is 5.82 Å². The second-order valence-corrected chi connectivity index (χ2v) is 5.13. The van der Waals surface area contributed by atoms with Crippen LogP contribution in [0.1, 0.15) is 29.0 Å². The number of hydrogen-bond acceptors (Lipinski definition) is 3. The summed E-state index contributed by atoms with van der Waals surface area (Å²) in [6.07, 6.45) is 0.680. The van der Waals surface area contributed by atoms with Crippen molar-refractivity contribution in [1.29, 1.82) is 0 Å². The summed E-state index contributed by atoms with van der Waals surface area (Å²) in [5.74, 6) is 0.431. The summed E-state index contributed by atoms with van der Waals surface area (Å²) >= 11 is 1.65. The average molecular weight is 249 g/mol. The van der Waals surface area contributed by atoms with E-state index in [0.717, 1.165) is 10.4 Å². The SMILES string of the molecule is N[C@@H]1CC(c2cccs2)Oc2ccc(F)cc21. The van der Waals surface area contributed by atoms with E-state index in [9.17, 15) is 4.39 Å². The van der Waals surface area contributed by atoms with Crippen LogP contribution in [0.25, 0.3) is 0 Å². The first-order valence-electron chi connectivity index (χ1n) is 5.49. The Morgan fingerprint density at radius 2 is 2.24 bits per heavy atom. The lowest BCUT2D eigenvalue weighted by molar-refractivity contribution is 0.164. The van der Waals surface area contributed by atoms with Crippen LogP contribution in [0.5, 0.6) is 5.75 Å². The molecule has 17 heavy (non-hydrogen) atoms. The van der Waals surface area contributed by atoms with Gasteiger partial charge in [0, 0.05) is 22.9 Å². The van der Waals surface area contributed by atoms with Gasteiger partial charge in [0.1, 0.15) is 17.7 Å². The van der Waals surface area contributed by atoms with Crippen molar-refractivity contribution in [3.8, 4) is 5.75 Å². The Balaban J connectivity index is 1.96. The zero-order valence-corrected chi connectivity index (χ0v) is 9.91. The molecule has 0 spiro atoms. The molecule has 0 saturated carbocycles. The van der Waals surface area contributed by atoms with Crippen molar-refractivity contribution in [2.75, 3.05) is 0 Å². The smallest absolute Gasteiger partial charge is 0.135 e. The molecule has 2 N–H and O–H groups in total. The minimum absolute atomic E-state index is 0.0111. The fourth-order valence-corrected chi connectivity index (χ4v) is 2.89. The van der Waals surface area contributed by atoms with Crippen LogP contribution in [0.2, 0.25) is 0 Å². The van der Waals surface area contributed by atoms with Gasteiger partial charge in [-0.1, -0.05) is 6.07 Å². The molecular formula is C13H12FNOS.